The van der Waals surface area contributed by atoms with Gasteiger partial charge in [-0.1, -0.05) is 41.9 Å². The molecule has 2 rings (SSSR count). The van der Waals surface area contributed by atoms with Gasteiger partial charge in [-0.15, -0.1) is 0 Å². The van der Waals surface area contributed by atoms with Crippen LogP contribution in [0.15, 0.2) is 54.2 Å². The molecule has 0 spiro atoms. The quantitative estimate of drug-likeness (QED) is 0.447. The molecule has 0 heterocycles. The summed E-state index contributed by atoms with van der Waals surface area (Å²) in [6.07, 6.45) is 0. The molecule has 112 valence electrons. The van der Waals surface area contributed by atoms with E-state index in [1.54, 1.807) is 18.2 Å². The third kappa shape index (κ3) is 3.70. The van der Waals surface area contributed by atoms with Crippen LogP contribution in [-0.2, 0) is 6.61 Å². The minimum absolute atomic E-state index is 0.0778. The Morgan fingerprint density at radius 1 is 1.23 bits per heavy atom. The van der Waals surface area contributed by atoms with Gasteiger partial charge in [0.15, 0.2) is 5.70 Å². The number of hydrazine groups is 1. The third-order valence-electron chi connectivity index (χ3n) is 3.01. The molecule has 6 heteroatoms. The first-order valence-electron chi connectivity index (χ1n) is 6.49. The topological polar surface area (TPSA) is 97.1 Å². The zero-order valence-electron chi connectivity index (χ0n) is 11.7. The van der Waals surface area contributed by atoms with Crippen LogP contribution in [0, 0.1) is 11.3 Å². The molecule has 0 saturated carbocycles. The average Bonchev–Trinajstić information content (AvgIpc) is 2.55. The van der Waals surface area contributed by atoms with E-state index in [0.717, 1.165) is 5.56 Å². The van der Waals surface area contributed by atoms with E-state index in [1.807, 2.05) is 36.4 Å². The molecule has 5 nitrogen and oxygen atoms in total. The summed E-state index contributed by atoms with van der Waals surface area (Å²) in [6, 6.07) is 16.7. The SMILES string of the molecule is N#C/C(NN)=C(/N)c1ccc(OCc2ccccc2)c(Cl)c1. The van der Waals surface area contributed by atoms with Gasteiger partial charge in [0.05, 0.1) is 10.7 Å². The number of ether oxygens (including phenoxy) is 1. The lowest BCUT2D eigenvalue weighted by Gasteiger charge is -2.10. The van der Waals surface area contributed by atoms with Gasteiger partial charge in [-0.3, -0.25) is 0 Å². The van der Waals surface area contributed by atoms with Crippen LogP contribution < -0.4 is 21.7 Å². The fourth-order valence-corrected chi connectivity index (χ4v) is 2.07. The molecule has 22 heavy (non-hydrogen) atoms. The molecule has 5 N–H and O–H groups in total. The molecule has 0 aliphatic heterocycles. The molecule has 0 amide bonds. The second-order valence-electron chi connectivity index (χ2n) is 4.46. The maximum atomic E-state index is 8.90. The van der Waals surface area contributed by atoms with E-state index in [1.165, 1.54) is 0 Å². The van der Waals surface area contributed by atoms with Crippen molar-refractivity contribution in [1.29, 1.82) is 5.26 Å². The Hall–Kier alpha value is -2.68. The van der Waals surface area contributed by atoms with Crippen LogP contribution >= 0.6 is 11.6 Å². The monoisotopic (exact) mass is 314 g/mol. The summed E-state index contributed by atoms with van der Waals surface area (Å²) >= 11 is 6.19. The van der Waals surface area contributed by atoms with Crippen molar-refractivity contribution >= 4 is 17.3 Å². The number of benzene rings is 2. The molecule has 2 aromatic carbocycles. The smallest absolute Gasteiger partial charge is 0.151 e. The Morgan fingerprint density at radius 3 is 2.55 bits per heavy atom. The van der Waals surface area contributed by atoms with Crippen molar-refractivity contribution in [2.24, 2.45) is 11.6 Å². The lowest BCUT2D eigenvalue weighted by atomic mass is 10.1. The zero-order chi connectivity index (χ0) is 15.9. The van der Waals surface area contributed by atoms with Crippen molar-refractivity contribution in [2.75, 3.05) is 0 Å². The van der Waals surface area contributed by atoms with Crippen molar-refractivity contribution in [2.45, 2.75) is 6.61 Å². The maximum Gasteiger partial charge on any atom is 0.151 e. The number of nitrogens with two attached hydrogens (primary N) is 2. The van der Waals surface area contributed by atoms with Crippen molar-refractivity contribution in [1.82, 2.24) is 5.43 Å². The van der Waals surface area contributed by atoms with Gasteiger partial charge in [-0.05, 0) is 23.8 Å². The number of halogens is 1. The van der Waals surface area contributed by atoms with Crippen LogP contribution in [-0.4, -0.2) is 0 Å². The first-order valence-corrected chi connectivity index (χ1v) is 6.86. The van der Waals surface area contributed by atoms with Crippen LogP contribution in [0.25, 0.3) is 5.70 Å². The lowest BCUT2D eigenvalue weighted by molar-refractivity contribution is 0.306. The summed E-state index contributed by atoms with van der Waals surface area (Å²) in [5.41, 5.74) is 10.0. The Kier molecular flexibility index (Phi) is 5.26. The Balaban J connectivity index is 2.17. The third-order valence-corrected chi connectivity index (χ3v) is 3.30. The molecular formula is C16H15ClN4O. The normalized spacial score (nSPS) is 11.3. The van der Waals surface area contributed by atoms with Crippen molar-refractivity contribution in [3.05, 3.63) is 70.4 Å². The van der Waals surface area contributed by atoms with Gasteiger partial charge in [0.2, 0.25) is 0 Å². The number of nitrogens with zero attached hydrogens (tertiary/aromatic N) is 1. The number of nitriles is 1. The molecule has 0 aliphatic carbocycles. The van der Waals surface area contributed by atoms with E-state index >= 15 is 0 Å². The first kappa shape index (κ1) is 15.7. The molecule has 0 atom stereocenters. The fourth-order valence-electron chi connectivity index (χ4n) is 1.84. The molecule has 0 saturated heterocycles. The molecule has 0 aromatic heterocycles. The van der Waals surface area contributed by atoms with Gasteiger partial charge in [-0.25, -0.2) is 5.84 Å². The molecule has 0 bridgehead atoms. The highest BCUT2D eigenvalue weighted by atomic mass is 35.5. The van der Waals surface area contributed by atoms with Crippen LogP contribution in [0.4, 0.5) is 0 Å². The van der Waals surface area contributed by atoms with Crippen molar-refractivity contribution < 1.29 is 4.74 Å². The predicted octanol–water partition coefficient (Wildman–Crippen LogP) is 2.53. The van der Waals surface area contributed by atoms with Crippen LogP contribution in [0.1, 0.15) is 11.1 Å². The summed E-state index contributed by atoms with van der Waals surface area (Å²) < 4.78 is 5.68. The molecule has 0 aliphatic rings. The summed E-state index contributed by atoms with van der Waals surface area (Å²) in [5, 5.41) is 9.31. The Labute approximate surface area is 133 Å². The van der Waals surface area contributed by atoms with E-state index in [9.17, 15) is 0 Å². The maximum absolute atomic E-state index is 8.90. The van der Waals surface area contributed by atoms with E-state index in [4.69, 9.17) is 33.2 Å². The standard InChI is InChI=1S/C16H15ClN4O/c17-13-8-12(16(19)14(9-18)21-20)6-7-15(13)22-10-11-4-2-1-3-5-11/h1-8,21H,10,19-20H2/b16-14-. The highest BCUT2D eigenvalue weighted by Crippen LogP contribution is 2.28. The molecular weight excluding hydrogens is 300 g/mol. The van der Waals surface area contributed by atoms with E-state index in [0.29, 0.717) is 22.9 Å². The first-order chi connectivity index (χ1) is 10.7. The van der Waals surface area contributed by atoms with Gasteiger partial charge < -0.3 is 15.9 Å². The molecule has 0 radical (unpaired) electrons. The second-order valence-corrected chi connectivity index (χ2v) is 4.87. The zero-order valence-corrected chi connectivity index (χ0v) is 12.5. The van der Waals surface area contributed by atoms with Crippen molar-refractivity contribution in [3.63, 3.8) is 0 Å². The van der Waals surface area contributed by atoms with Gasteiger partial charge in [-0.2, -0.15) is 5.26 Å². The van der Waals surface area contributed by atoms with Gasteiger partial charge in [0.1, 0.15) is 18.4 Å². The minimum Gasteiger partial charge on any atom is -0.487 e. The number of allylic oxidation sites excluding steroid dienone is 1. The van der Waals surface area contributed by atoms with Crippen LogP contribution in [0.2, 0.25) is 5.02 Å². The lowest BCUT2D eigenvalue weighted by Crippen LogP contribution is -2.23. The molecule has 2 aromatic rings. The predicted molar refractivity (Wildman–Crippen MR) is 86.3 cm³/mol. The van der Waals surface area contributed by atoms with Crippen molar-refractivity contribution in [3.8, 4) is 11.8 Å². The van der Waals surface area contributed by atoms with E-state index in [-0.39, 0.29) is 11.4 Å². The van der Waals surface area contributed by atoms with E-state index < -0.39 is 0 Å². The molecule has 0 fully saturated rings. The van der Waals surface area contributed by atoms with Gasteiger partial charge in [0.25, 0.3) is 0 Å². The summed E-state index contributed by atoms with van der Waals surface area (Å²) in [6.45, 7) is 0.416. The van der Waals surface area contributed by atoms with Gasteiger partial charge in [0, 0.05) is 5.56 Å². The Bertz CT molecular complexity index is 723. The summed E-state index contributed by atoms with van der Waals surface area (Å²) in [4.78, 5) is 0. The largest absolute Gasteiger partial charge is 0.487 e. The summed E-state index contributed by atoms with van der Waals surface area (Å²) in [5.74, 6) is 5.78. The highest BCUT2D eigenvalue weighted by molar-refractivity contribution is 6.32. The number of hydrogen-bond acceptors (Lipinski definition) is 5. The summed E-state index contributed by atoms with van der Waals surface area (Å²) in [7, 11) is 0. The molecule has 0 unspecified atom stereocenters. The minimum atomic E-state index is 0.0778. The fraction of sp³-hybridized carbons (Fsp3) is 0.0625. The van der Waals surface area contributed by atoms with Crippen LogP contribution in [0.3, 0.4) is 0 Å². The van der Waals surface area contributed by atoms with Crippen LogP contribution in [0.5, 0.6) is 5.75 Å². The number of hydrogen-bond donors (Lipinski definition) is 3. The van der Waals surface area contributed by atoms with Gasteiger partial charge >= 0.3 is 0 Å². The number of rotatable bonds is 5. The highest BCUT2D eigenvalue weighted by Gasteiger charge is 2.08. The number of nitrogens with one attached hydrogen (secondary N) is 1. The Morgan fingerprint density at radius 2 is 1.95 bits per heavy atom. The average molecular weight is 315 g/mol. The second kappa shape index (κ2) is 7.36. The van der Waals surface area contributed by atoms with E-state index in [2.05, 4.69) is 5.43 Å².